The molecule has 1 unspecified atom stereocenters. The van der Waals surface area contributed by atoms with E-state index >= 15 is 0 Å². The fourth-order valence-corrected chi connectivity index (χ4v) is 2.23. The van der Waals surface area contributed by atoms with Crippen LogP contribution < -0.4 is 0 Å². The third-order valence-corrected chi connectivity index (χ3v) is 2.99. The number of nitrogens with zero attached hydrogens (tertiary/aromatic N) is 1. The summed E-state index contributed by atoms with van der Waals surface area (Å²) in [7, 11) is 0. The second kappa shape index (κ2) is 6.39. The summed E-state index contributed by atoms with van der Waals surface area (Å²) in [5.74, 6) is 0. The normalized spacial score (nSPS) is 24.0. The standard InChI is InChI=1S/C11H23NO/c1-2-3-6-11-7-4-8-12(11)9-5-10-13/h11,13H,2-10H2,1H3. The van der Waals surface area contributed by atoms with Crippen molar-refractivity contribution in [3.63, 3.8) is 0 Å². The number of unbranched alkanes of at least 4 members (excludes halogenated alkanes) is 1. The molecule has 1 N–H and O–H groups in total. The fraction of sp³-hybridized carbons (Fsp3) is 1.00. The summed E-state index contributed by atoms with van der Waals surface area (Å²) < 4.78 is 0. The zero-order valence-corrected chi connectivity index (χ0v) is 8.84. The first kappa shape index (κ1) is 11.0. The van der Waals surface area contributed by atoms with E-state index < -0.39 is 0 Å². The van der Waals surface area contributed by atoms with Gasteiger partial charge in [-0.3, -0.25) is 0 Å². The van der Waals surface area contributed by atoms with Crippen LogP contribution in [0.3, 0.4) is 0 Å². The Kier molecular flexibility index (Phi) is 5.40. The summed E-state index contributed by atoms with van der Waals surface area (Å²) in [6.45, 7) is 4.96. The average Bonchev–Trinajstić information content (AvgIpc) is 2.59. The van der Waals surface area contributed by atoms with Gasteiger partial charge in [-0.25, -0.2) is 0 Å². The van der Waals surface area contributed by atoms with Gasteiger partial charge in [0.15, 0.2) is 0 Å². The summed E-state index contributed by atoms with van der Waals surface area (Å²) in [4.78, 5) is 2.56. The fourth-order valence-electron chi connectivity index (χ4n) is 2.23. The molecule has 0 bridgehead atoms. The van der Waals surface area contributed by atoms with Crippen LogP contribution in [0, 0.1) is 0 Å². The predicted octanol–water partition coefficient (Wildman–Crippen LogP) is 2.02. The minimum absolute atomic E-state index is 0.344. The summed E-state index contributed by atoms with van der Waals surface area (Å²) in [6.07, 6.45) is 7.72. The van der Waals surface area contributed by atoms with E-state index in [0.29, 0.717) is 6.61 Å². The van der Waals surface area contributed by atoms with Crippen molar-refractivity contribution in [2.24, 2.45) is 0 Å². The van der Waals surface area contributed by atoms with Gasteiger partial charge in [-0.15, -0.1) is 0 Å². The number of aliphatic hydroxyl groups excluding tert-OH is 1. The van der Waals surface area contributed by atoms with Crippen LogP contribution >= 0.6 is 0 Å². The SMILES string of the molecule is CCCCC1CCCN1CCCO. The van der Waals surface area contributed by atoms with Crippen LogP contribution in [0.5, 0.6) is 0 Å². The lowest BCUT2D eigenvalue weighted by Gasteiger charge is -2.23. The smallest absolute Gasteiger partial charge is 0.0443 e. The molecule has 0 aromatic rings. The van der Waals surface area contributed by atoms with Crippen LogP contribution in [0.2, 0.25) is 0 Å². The van der Waals surface area contributed by atoms with Crippen LogP contribution in [0.4, 0.5) is 0 Å². The molecule has 1 aliphatic heterocycles. The molecular formula is C11H23NO. The van der Waals surface area contributed by atoms with Gasteiger partial charge in [0.2, 0.25) is 0 Å². The molecule has 2 heteroatoms. The highest BCUT2D eigenvalue weighted by Crippen LogP contribution is 2.21. The van der Waals surface area contributed by atoms with Crippen molar-refractivity contribution in [1.29, 1.82) is 0 Å². The lowest BCUT2D eigenvalue weighted by atomic mass is 10.1. The maximum Gasteiger partial charge on any atom is 0.0443 e. The van der Waals surface area contributed by atoms with Crippen LogP contribution in [0.1, 0.15) is 45.4 Å². The van der Waals surface area contributed by atoms with E-state index in [-0.39, 0.29) is 0 Å². The minimum atomic E-state index is 0.344. The molecule has 1 fully saturated rings. The molecule has 0 aromatic carbocycles. The lowest BCUT2D eigenvalue weighted by molar-refractivity contribution is 0.204. The third kappa shape index (κ3) is 3.65. The Hall–Kier alpha value is -0.0800. The Balaban J connectivity index is 2.18. The third-order valence-electron chi connectivity index (χ3n) is 2.99. The molecule has 1 rings (SSSR count). The van der Waals surface area contributed by atoms with E-state index in [0.717, 1.165) is 19.0 Å². The number of hydrogen-bond acceptors (Lipinski definition) is 2. The summed E-state index contributed by atoms with van der Waals surface area (Å²) in [6, 6.07) is 0.825. The Morgan fingerprint density at radius 2 is 2.23 bits per heavy atom. The molecule has 0 aromatic heterocycles. The van der Waals surface area contributed by atoms with Gasteiger partial charge in [-0.1, -0.05) is 19.8 Å². The van der Waals surface area contributed by atoms with Gasteiger partial charge >= 0.3 is 0 Å². The summed E-state index contributed by atoms with van der Waals surface area (Å²) in [5.41, 5.74) is 0. The maximum absolute atomic E-state index is 8.76. The molecule has 1 atom stereocenters. The predicted molar refractivity (Wildman–Crippen MR) is 55.8 cm³/mol. The van der Waals surface area contributed by atoms with E-state index in [2.05, 4.69) is 11.8 Å². The highest BCUT2D eigenvalue weighted by atomic mass is 16.3. The molecule has 0 amide bonds. The maximum atomic E-state index is 8.76. The summed E-state index contributed by atoms with van der Waals surface area (Å²) >= 11 is 0. The van der Waals surface area contributed by atoms with Gasteiger partial charge in [-0.2, -0.15) is 0 Å². The summed E-state index contributed by atoms with van der Waals surface area (Å²) in [5, 5.41) is 8.76. The van der Waals surface area contributed by atoms with Gasteiger partial charge in [-0.05, 0) is 32.2 Å². The van der Waals surface area contributed by atoms with Crippen molar-refractivity contribution in [3.05, 3.63) is 0 Å². The highest BCUT2D eigenvalue weighted by Gasteiger charge is 2.22. The number of likely N-dealkylation sites (tertiary alicyclic amines) is 1. The van der Waals surface area contributed by atoms with E-state index in [9.17, 15) is 0 Å². The van der Waals surface area contributed by atoms with Gasteiger partial charge in [0, 0.05) is 19.2 Å². The topological polar surface area (TPSA) is 23.5 Å². The van der Waals surface area contributed by atoms with Crippen LogP contribution in [-0.2, 0) is 0 Å². The quantitative estimate of drug-likeness (QED) is 0.684. The van der Waals surface area contributed by atoms with Crippen molar-refractivity contribution in [3.8, 4) is 0 Å². The Morgan fingerprint density at radius 1 is 1.38 bits per heavy atom. The molecule has 13 heavy (non-hydrogen) atoms. The zero-order chi connectivity index (χ0) is 9.52. The van der Waals surface area contributed by atoms with Crippen molar-refractivity contribution < 1.29 is 5.11 Å². The molecule has 1 aliphatic rings. The van der Waals surface area contributed by atoms with Crippen molar-refractivity contribution in [2.45, 2.75) is 51.5 Å². The van der Waals surface area contributed by atoms with Crippen LogP contribution in [0.15, 0.2) is 0 Å². The van der Waals surface area contributed by atoms with E-state index in [4.69, 9.17) is 5.11 Å². The second-order valence-electron chi connectivity index (χ2n) is 4.05. The Labute approximate surface area is 81.9 Å². The first-order valence-corrected chi connectivity index (χ1v) is 5.73. The largest absolute Gasteiger partial charge is 0.396 e. The monoisotopic (exact) mass is 185 g/mol. The minimum Gasteiger partial charge on any atom is -0.396 e. The van der Waals surface area contributed by atoms with Gasteiger partial charge in [0.1, 0.15) is 0 Å². The zero-order valence-electron chi connectivity index (χ0n) is 8.84. The second-order valence-corrected chi connectivity index (χ2v) is 4.05. The number of aliphatic hydroxyl groups is 1. The lowest BCUT2D eigenvalue weighted by Crippen LogP contribution is -2.30. The number of hydrogen-bond donors (Lipinski definition) is 1. The Morgan fingerprint density at radius 3 is 2.92 bits per heavy atom. The van der Waals surface area contributed by atoms with Crippen molar-refractivity contribution in [2.75, 3.05) is 19.7 Å². The molecule has 0 radical (unpaired) electrons. The van der Waals surface area contributed by atoms with Crippen molar-refractivity contribution in [1.82, 2.24) is 4.90 Å². The molecule has 0 saturated carbocycles. The molecule has 2 nitrogen and oxygen atoms in total. The molecular weight excluding hydrogens is 162 g/mol. The first-order valence-electron chi connectivity index (χ1n) is 5.73. The van der Waals surface area contributed by atoms with Gasteiger partial charge < -0.3 is 10.0 Å². The molecule has 0 aliphatic carbocycles. The average molecular weight is 185 g/mol. The number of rotatable bonds is 6. The molecule has 78 valence electrons. The molecule has 1 heterocycles. The Bertz CT molecular complexity index is 113. The van der Waals surface area contributed by atoms with Crippen LogP contribution in [-0.4, -0.2) is 35.7 Å². The molecule has 1 saturated heterocycles. The van der Waals surface area contributed by atoms with E-state index in [1.165, 1.54) is 38.6 Å². The van der Waals surface area contributed by atoms with E-state index in [1.54, 1.807) is 0 Å². The highest BCUT2D eigenvalue weighted by molar-refractivity contribution is 4.78. The van der Waals surface area contributed by atoms with Gasteiger partial charge in [0.25, 0.3) is 0 Å². The molecule has 0 spiro atoms. The first-order chi connectivity index (χ1) is 6.38. The van der Waals surface area contributed by atoms with Crippen molar-refractivity contribution >= 4 is 0 Å². The van der Waals surface area contributed by atoms with E-state index in [1.807, 2.05) is 0 Å². The van der Waals surface area contributed by atoms with Crippen LogP contribution in [0.25, 0.3) is 0 Å². The van der Waals surface area contributed by atoms with Gasteiger partial charge in [0.05, 0.1) is 0 Å².